The molecule has 0 fully saturated rings. The van der Waals surface area contributed by atoms with E-state index in [0.717, 1.165) is 22.1 Å². The molecule has 0 bridgehead atoms. The van der Waals surface area contributed by atoms with E-state index in [0.29, 0.717) is 0 Å². The number of benzene rings is 1. The number of nitrogens with one attached hydrogen (secondary N) is 1. The first kappa shape index (κ1) is 12.7. The molecule has 102 valence electrons. The van der Waals surface area contributed by atoms with E-state index in [4.69, 9.17) is 9.15 Å². The molecule has 0 saturated carbocycles. The third kappa shape index (κ3) is 2.50. The number of aromatic nitrogens is 1. The summed E-state index contributed by atoms with van der Waals surface area (Å²) in [6, 6.07) is 6.43. The lowest BCUT2D eigenvalue weighted by Crippen LogP contribution is -1.93. The van der Waals surface area contributed by atoms with E-state index >= 15 is 0 Å². The molecule has 3 rings (SSSR count). The van der Waals surface area contributed by atoms with Gasteiger partial charge in [-0.2, -0.15) is 0 Å². The highest BCUT2D eigenvalue weighted by Crippen LogP contribution is 2.29. The molecule has 0 saturated heterocycles. The SMILES string of the molecule is COc1cc(Nc2nc(-c3ccoc3)cs2)ccc1F. The zero-order chi connectivity index (χ0) is 13.9. The van der Waals surface area contributed by atoms with Crippen LogP contribution in [0.4, 0.5) is 15.2 Å². The molecule has 2 heterocycles. The highest BCUT2D eigenvalue weighted by atomic mass is 32.1. The number of hydrogen-bond donors (Lipinski definition) is 1. The van der Waals surface area contributed by atoms with Gasteiger partial charge in [-0.05, 0) is 18.2 Å². The van der Waals surface area contributed by atoms with Gasteiger partial charge in [0, 0.05) is 22.7 Å². The van der Waals surface area contributed by atoms with Crippen LogP contribution < -0.4 is 10.1 Å². The molecule has 2 aromatic heterocycles. The maximum atomic E-state index is 13.3. The standard InChI is InChI=1S/C14H11FN2O2S/c1-18-13-6-10(2-3-11(13)15)16-14-17-12(8-20-14)9-4-5-19-7-9/h2-8H,1H3,(H,16,17). The van der Waals surface area contributed by atoms with Gasteiger partial charge in [0.25, 0.3) is 0 Å². The van der Waals surface area contributed by atoms with Crippen LogP contribution in [0.2, 0.25) is 0 Å². The molecule has 0 radical (unpaired) electrons. The summed E-state index contributed by atoms with van der Waals surface area (Å²) >= 11 is 1.46. The number of furan rings is 1. The lowest BCUT2D eigenvalue weighted by molar-refractivity contribution is 0.387. The first-order chi connectivity index (χ1) is 9.76. The summed E-state index contributed by atoms with van der Waals surface area (Å²) in [4.78, 5) is 4.44. The molecule has 20 heavy (non-hydrogen) atoms. The van der Waals surface area contributed by atoms with Crippen LogP contribution in [0.15, 0.2) is 46.6 Å². The zero-order valence-corrected chi connectivity index (χ0v) is 11.4. The Labute approximate surface area is 118 Å². The molecule has 6 heteroatoms. The fourth-order valence-electron chi connectivity index (χ4n) is 1.73. The van der Waals surface area contributed by atoms with Gasteiger partial charge in [-0.25, -0.2) is 9.37 Å². The molecule has 0 spiro atoms. The van der Waals surface area contributed by atoms with Crippen molar-refractivity contribution in [2.75, 3.05) is 12.4 Å². The van der Waals surface area contributed by atoms with Crippen molar-refractivity contribution in [2.24, 2.45) is 0 Å². The predicted molar refractivity (Wildman–Crippen MR) is 76.1 cm³/mol. The van der Waals surface area contributed by atoms with Crippen molar-refractivity contribution in [3.63, 3.8) is 0 Å². The summed E-state index contributed by atoms with van der Waals surface area (Å²) in [6.07, 6.45) is 3.24. The van der Waals surface area contributed by atoms with Crippen LogP contribution in [0.1, 0.15) is 0 Å². The zero-order valence-electron chi connectivity index (χ0n) is 10.6. The summed E-state index contributed by atoms with van der Waals surface area (Å²) in [7, 11) is 1.43. The fourth-order valence-corrected chi connectivity index (χ4v) is 2.47. The van der Waals surface area contributed by atoms with Gasteiger partial charge in [-0.3, -0.25) is 0 Å². The Hall–Kier alpha value is -2.34. The first-order valence-corrected chi connectivity index (χ1v) is 6.73. The third-order valence-corrected chi connectivity index (χ3v) is 3.48. The number of thiazole rings is 1. The Bertz CT molecular complexity index is 710. The normalized spacial score (nSPS) is 10.5. The highest BCUT2D eigenvalue weighted by molar-refractivity contribution is 7.14. The van der Waals surface area contributed by atoms with Crippen LogP contribution in [0.5, 0.6) is 5.75 Å². The van der Waals surface area contributed by atoms with Gasteiger partial charge in [0.15, 0.2) is 16.7 Å². The topological polar surface area (TPSA) is 47.3 Å². The number of anilines is 2. The van der Waals surface area contributed by atoms with E-state index in [1.54, 1.807) is 24.7 Å². The van der Waals surface area contributed by atoms with Crippen molar-refractivity contribution in [2.45, 2.75) is 0 Å². The van der Waals surface area contributed by atoms with Gasteiger partial charge in [0.05, 0.1) is 25.3 Å². The monoisotopic (exact) mass is 290 g/mol. The minimum absolute atomic E-state index is 0.196. The van der Waals surface area contributed by atoms with Crippen molar-refractivity contribution < 1.29 is 13.5 Å². The number of methoxy groups -OCH3 is 1. The fraction of sp³-hybridized carbons (Fsp3) is 0.0714. The third-order valence-electron chi connectivity index (χ3n) is 2.72. The second kappa shape index (κ2) is 5.34. The summed E-state index contributed by atoms with van der Waals surface area (Å²) < 4.78 is 23.3. The Morgan fingerprint density at radius 2 is 2.25 bits per heavy atom. The van der Waals surface area contributed by atoms with Crippen LogP contribution in [0.3, 0.4) is 0 Å². The van der Waals surface area contributed by atoms with Gasteiger partial charge < -0.3 is 14.5 Å². The molecular formula is C14H11FN2O2S. The Morgan fingerprint density at radius 1 is 1.35 bits per heavy atom. The summed E-state index contributed by atoms with van der Waals surface area (Å²) in [6.45, 7) is 0. The Kier molecular flexibility index (Phi) is 3.39. The van der Waals surface area contributed by atoms with Gasteiger partial charge in [0.1, 0.15) is 0 Å². The molecule has 0 aliphatic heterocycles. The average molecular weight is 290 g/mol. The van der Waals surface area contributed by atoms with E-state index in [9.17, 15) is 4.39 Å². The number of hydrogen-bond acceptors (Lipinski definition) is 5. The molecule has 0 amide bonds. The molecule has 0 aliphatic rings. The largest absolute Gasteiger partial charge is 0.494 e. The second-order valence-electron chi connectivity index (χ2n) is 4.02. The van der Waals surface area contributed by atoms with Crippen LogP contribution in [-0.4, -0.2) is 12.1 Å². The minimum atomic E-state index is -0.392. The molecular weight excluding hydrogens is 279 g/mol. The summed E-state index contributed by atoms with van der Waals surface area (Å²) in [5.41, 5.74) is 2.47. The number of rotatable bonds is 4. The van der Waals surface area contributed by atoms with Crippen molar-refractivity contribution in [1.82, 2.24) is 4.98 Å². The molecule has 3 aromatic rings. The quantitative estimate of drug-likeness (QED) is 0.778. The van der Waals surface area contributed by atoms with Crippen LogP contribution in [-0.2, 0) is 0 Å². The van der Waals surface area contributed by atoms with Crippen molar-refractivity contribution in [1.29, 1.82) is 0 Å². The number of ether oxygens (including phenoxy) is 1. The Balaban J connectivity index is 1.81. The lowest BCUT2D eigenvalue weighted by Gasteiger charge is -2.06. The molecule has 1 N–H and O–H groups in total. The summed E-state index contributed by atoms with van der Waals surface area (Å²) in [5.74, 6) is -0.196. The highest BCUT2D eigenvalue weighted by Gasteiger charge is 2.08. The van der Waals surface area contributed by atoms with Gasteiger partial charge in [-0.15, -0.1) is 11.3 Å². The smallest absolute Gasteiger partial charge is 0.187 e. The maximum Gasteiger partial charge on any atom is 0.187 e. The predicted octanol–water partition coefficient (Wildman–Crippen LogP) is 4.29. The molecule has 0 atom stereocenters. The van der Waals surface area contributed by atoms with Crippen LogP contribution >= 0.6 is 11.3 Å². The molecule has 0 aliphatic carbocycles. The minimum Gasteiger partial charge on any atom is -0.494 e. The van der Waals surface area contributed by atoms with E-state index in [2.05, 4.69) is 10.3 Å². The van der Waals surface area contributed by atoms with Crippen LogP contribution in [0, 0.1) is 5.82 Å². The second-order valence-corrected chi connectivity index (χ2v) is 4.88. The van der Waals surface area contributed by atoms with E-state index in [1.165, 1.54) is 24.5 Å². The number of halogens is 1. The number of nitrogens with zero attached hydrogens (tertiary/aromatic N) is 1. The van der Waals surface area contributed by atoms with Crippen molar-refractivity contribution in [3.8, 4) is 17.0 Å². The first-order valence-electron chi connectivity index (χ1n) is 5.85. The maximum absolute atomic E-state index is 13.3. The average Bonchev–Trinajstić information content (AvgIpc) is 3.11. The van der Waals surface area contributed by atoms with E-state index < -0.39 is 5.82 Å². The van der Waals surface area contributed by atoms with E-state index in [-0.39, 0.29) is 5.75 Å². The van der Waals surface area contributed by atoms with Gasteiger partial charge >= 0.3 is 0 Å². The van der Waals surface area contributed by atoms with Crippen LogP contribution in [0.25, 0.3) is 11.3 Å². The lowest BCUT2D eigenvalue weighted by atomic mass is 10.3. The molecule has 1 aromatic carbocycles. The summed E-state index contributed by atoms with van der Waals surface area (Å²) in [5, 5.41) is 5.76. The van der Waals surface area contributed by atoms with Crippen molar-refractivity contribution >= 4 is 22.2 Å². The molecule has 0 unspecified atom stereocenters. The van der Waals surface area contributed by atoms with Crippen molar-refractivity contribution in [3.05, 3.63) is 48.0 Å². The van der Waals surface area contributed by atoms with E-state index in [1.807, 2.05) is 11.4 Å². The van der Waals surface area contributed by atoms with Gasteiger partial charge in [-0.1, -0.05) is 0 Å². The Morgan fingerprint density at radius 3 is 3.00 bits per heavy atom. The van der Waals surface area contributed by atoms with Gasteiger partial charge in [0.2, 0.25) is 0 Å². The molecule has 4 nitrogen and oxygen atoms in total.